The highest BCUT2D eigenvalue weighted by molar-refractivity contribution is 5.59. The maximum Gasteiger partial charge on any atom is 0.253 e. The number of fused-ring (bicyclic) bond motifs is 1. The molecule has 0 aliphatic carbocycles. The third kappa shape index (κ3) is 1.86. The van der Waals surface area contributed by atoms with Gasteiger partial charge in [0.15, 0.2) is 0 Å². The Bertz CT molecular complexity index is 907. The van der Waals surface area contributed by atoms with Crippen LogP contribution in [0.15, 0.2) is 48.9 Å². The predicted molar refractivity (Wildman–Crippen MR) is 76.2 cm³/mol. The van der Waals surface area contributed by atoms with Crippen LogP contribution >= 0.6 is 0 Å². The molecule has 0 aromatic carbocycles. The van der Waals surface area contributed by atoms with E-state index in [9.17, 15) is 0 Å². The Balaban J connectivity index is 1.95. The van der Waals surface area contributed by atoms with Crippen molar-refractivity contribution in [1.29, 1.82) is 0 Å². The molecule has 4 heterocycles. The molecule has 4 aromatic heterocycles. The van der Waals surface area contributed by atoms with E-state index >= 15 is 0 Å². The second-order valence-electron chi connectivity index (χ2n) is 4.53. The highest BCUT2D eigenvalue weighted by atomic mass is 15.4. The van der Waals surface area contributed by atoms with E-state index in [1.54, 1.807) is 27.8 Å². The van der Waals surface area contributed by atoms with Crippen molar-refractivity contribution >= 4 is 5.78 Å². The van der Waals surface area contributed by atoms with Crippen LogP contribution in [0.3, 0.4) is 0 Å². The van der Waals surface area contributed by atoms with Crippen LogP contribution in [0.4, 0.5) is 0 Å². The van der Waals surface area contributed by atoms with E-state index in [1.807, 2.05) is 37.4 Å². The largest absolute Gasteiger partial charge is 0.266 e. The van der Waals surface area contributed by atoms with Crippen molar-refractivity contribution in [2.75, 3.05) is 0 Å². The lowest BCUT2D eigenvalue weighted by Gasteiger charge is -2.03. The third-order valence-corrected chi connectivity index (χ3v) is 3.22. The van der Waals surface area contributed by atoms with Crippen LogP contribution in [-0.2, 0) is 7.05 Å². The molecule has 0 spiro atoms. The summed E-state index contributed by atoms with van der Waals surface area (Å²) in [6.45, 7) is 0. The summed E-state index contributed by atoms with van der Waals surface area (Å²) in [7, 11) is 1.89. The molecule has 0 amide bonds. The molecule has 0 N–H and O–H groups in total. The van der Waals surface area contributed by atoms with Gasteiger partial charge in [-0.05, 0) is 24.3 Å². The molecule has 0 atom stereocenters. The van der Waals surface area contributed by atoms with Crippen molar-refractivity contribution in [3.8, 4) is 22.9 Å². The van der Waals surface area contributed by atoms with E-state index in [0.717, 1.165) is 17.1 Å². The lowest BCUT2D eigenvalue weighted by Crippen LogP contribution is -2.00. The van der Waals surface area contributed by atoms with Gasteiger partial charge in [0.25, 0.3) is 5.78 Å². The number of pyridine rings is 1. The van der Waals surface area contributed by atoms with Gasteiger partial charge < -0.3 is 0 Å². The standard InChI is InChI=1S/C14H11N7/c1-20-11(6-9-17-20)12-5-8-16-14-18-13(19-21(12)14)10-4-2-3-7-15-10/h2-9H,1H3. The van der Waals surface area contributed by atoms with E-state index in [1.165, 1.54) is 0 Å². The summed E-state index contributed by atoms with van der Waals surface area (Å²) in [5, 5.41) is 8.71. The number of hydrogen-bond acceptors (Lipinski definition) is 5. The molecule has 102 valence electrons. The van der Waals surface area contributed by atoms with Crippen molar-refractivity contribution in [3.63, 3.8) is 0 Å². The summed E-state index contributed by atoms with van der Waals surface area (Å²) in [6.07, 6.45) is 5.18. The number of nitrogens with zero attached hydrogens (tertiary/aromatic N) is 7. The van der Waals surface area contributed by atoms with Crippen molar-refractivity contribution in [3.05, 3.63) is 48.9 Å². The quantitative estimate of drug-likeness (QED) is 0.556. The van der Waals surface area contributed by atoms with Crippen LogP contribution in [-0.4, -0.2) is 34.3 Å². The third-order valence-electron chi connectivity index (χ3n) is 3.22. The normalized spacial score (nSPS) is 11.1. The van der Waals surface area contributed by atoms with Crippen LogP contribution in [0.5, 0.6) is 0 Å². The molecular weight excluding hydrogens is 266 g/mol. The zero-order chi connectivity index (χ0) is 14.2. The first-order chi connectivity index (χ1) is 10.3. The van der Waals surface area contributed by atoms with E-state index < -0.39 is 0 Å². The molecule has 0 saturated carbocycles. The fraction of sp³-hybridized carbons (Fsp3) is 0.0714. The topological polar surface area (TPSA) is 73.8 Å². The van der Waals surface area contributed by atoms with Gasteiger partial charge in [0.05, 0.1) is 11.4 Å². The molecule has 0 unspecified atom stereocenters. The number of aromatic nitrogens is 7. The summed E-state index contributed by atoms with van der Waals surface area (Å²) in [5.41, 5.74) is 2.55. The van der Waals surface area contributed by atoms with Gasteiger partial charge in [-0.3, -0.25) is 9.67 Å². The van der Waals surface area contributed by atoms with Crippen molar-refractivity contribution in [1.82, 2.24) is 34.3 Å². The molecule has 4 aromatic rings. The molecule has 0 radical (unpaired) electrons. The smallest absolute Gasteiger partial charge is 0.253 e. The van der Waals surface area contributed by atoms with Crippen LogP contribution in [0, 0.1) is 0 Å². The van der Waals surface area contributed by atoms with Crippen molar-refractivity contribution < 1.29 is 0 Å². The molecular formula is C14H11N7. The molecule has 0 aliphatic rings. The average Bonchev–Trinajstić information content (AvgIpc) is 3.14. The molecule has 21 heavy (non-hydrogen) atoms. The number of hydrogen-bond donors (Lipinski definition) is 0. The van der Waals surface area contributed by atoms with Gasteiger partial charge in [0.2, 0.25) is 5.82 Å². The second kappa shape index (κ2) is 4.48. The van der Waals surface area contributed by atoms with Crippen LogP contribution < -0.4 is 0 Å². The fourth-order valence-corrected chi connectivity index (χ4v) is 2.22. The van der Waals surface area contributed by atoms with Gasteiger partial charge in [0, 0.05) is 25.6 Å². The molecule has 0 bridgehead atoms. The highest BCUT2D eigenvalue weighted by Gasteiger charge is 2.13. The minimum atomic E-state index is 0.536. The predicted octanol–water partition coefficient (Wildman–Crippen LogP) is 1.59. The van der Waals surface area contributed by atoms with Gasteiger partial charge in [-0.2, -0.15) is 14.6 Å². The Kier molecular flexibility index (Phi) is 2.50. The lowest BCUT2D eigenvalue weighted by molar-refractivity contribution is 0.767. The van der Waals surface area contributed by atoms with E-state index in [-0.39, 0.29) is 0 Å². The zero-order valence-corrected chi connectivity index (χ0v) is 11.2. The zero-order valence-electron chi connectivity index (χ0n) is 11.2. The number of rotatable bonds is 2. The minimum absolute atomic E-state index is 0.536. The summed E-state index contributed by atoms with van der Waals surface area (Å²) < 4.78 is 3.50. The number of aryl methyl sites for hydroxylation is 1. The summed E-state index contributed by atoms with van der Waals surface area (Å²) in [5.74, 6) is 1.09. The molecule has 0 fully saturated rings. The first-order valence-corrected chi connectivity index (χ1v) is 6.44. The van der Waals surface area contributed by atoms with Gasteiger partial charge in [-0.1, -0.05) is 6.07 Å². The van der Waals surface area contributed by atoms with Gasteiger partial charge in [-0.25, -0.2) is 4.98 Å². The molecule has 0 saturated heterocycles. The first-order valence-electron chi connectivity index (χ1n) is 6.44. The fourth-order valence-electron chi connectivity index (χ4n) is 2.22. The molecule has 0 aliphatic heterocycles. The Hall–Kier alpha value is -3.09. The molecule has 4 rings (SSSR count). The summed E-state index contributed by atoms with van der Waals surface area (Å²) in [4.78, 5) is 13.0. The highest BCUT2D eigenvalue weighted by Crippen LogP contribution is 2.20. The maximum absolute atomic E-state index is 4.52. The van der Waals surface area contributed by atoms with E-state index in [0.29, 0.717) is 11.6 Å². The Morgan fingerprint density at radius 3 is 2.57 bits per heavy atom. The first kappa shape index (κ1) is 11.7. The molecule has 7 nitrogen and oxygen atoms in total. The Morgan fingerprint density at radius 2 is 1.81 bits per heavy atom. The van der Waals surface area contributed by atoms with Crippen LogP contribution in [0.2, 0.25) is 0 Å². The van der Waals surface area contributed by atoms with Crippen molar-refractivity contribution in [2.24, 2.45) is 7.05 Å². The van der Waals surface area contributed by atoms with Gasteiger partial charge in [0.1, 0.15) is 5.69 Å². The SMILES string of the molecule is Cn1nccc1-c1ccnc2nc(-c3ccccn3)nn12. The van der Waals surface area contributed by atoms with Crippen LogP contribution in [0.1, 0.15) is 0 Å². The molecule has 7 heteroatoms. The maximum atomic E-state index is 4.52. The Labute approximate surface area is 119 Å². The van der Waals surface area contributed by atoms with Crippen LogP contribution in [0.25, 0.3) is 28.7 Å². The van der Waals surface area contributed by atoms with E-state index in [2.05, 4.69) is 25.1 Å². The monoisotopic (exact) mass is 277 g/mol. The summed E-state index contributed by atoms with van der Waals surface area (Å²) >= 11 is 0. The van der Waals surface area contributed by atoms with Gasteiger partial charge >= 0.3 is 0 Å². The van der Waals surface area contributed by atoms with E-state index in [4.69, 9.17) is 0 Å². The lowest BCUT2D eigenvalue weighted by atomic mass is 10.3. The summed E-state index contributed by atoms with van der Waals surface area (Å²) in [6, 6.07) is 9.46. The van der Waals surface area contributed by atoms with Crippen molar-refractivity contribution in [2.45, 2.75) is 0 Å². The second-order valence-corrected chi connectivity index (χ2v) is 4.53. The Morgan fingerprint density at radius 1 is 0.905 bits per heavy atom. The van der Waals surface area contributed by atoms with Gasteiger partial charge in [-0.15, -0.1) is 5.10 Å². The average molecular weight is 277 g/mol. The minimum Gasteiger partial charge on any atom is -0.266 e.